The average Bonchev–Trinajstić information content (AvgIpc) is 2.46. The molecule has 112 valence electrons. The van der Waals surface area contributed by atoms with Gasteiger partial charge in [0.2, 0.25) is 11.8 Å². The van der Waals surface area contributed by atoms with Crippen LogP contribution in [0.2, 0.25) is 0 Å². The monoisotopic (exact) mass is 280 g/mol. The molecule has 0 spiro atoms. The van der Waals surface area contributed by atoms with Crippen molar-refractivity contribution in [1.29, 1.82) is 0 Å². The maximum Gasteiger partial charge on any atom is 0.228 e. The Bertz CT molecular complexity index is 427. The Balaban J connectivity index is 2.13. The summed E-state index contributed by atoms with van der Waals surface area (Å²) < 4.78 is 11.1. The summed E-state index contributed by atoms with van der Waals surface area (Å²) in [6, 6.07) is 1.99. The molecule has 2 N–H and O–H groups in total. The lowest BCUT2D eigenvalue weighted by Crippen LogP contribution is -2.49. The summed E-state index contributed by atoms with van der Waals surface area (Å²) in [5.74, 6) is 1.29. The quantitative estimate of drug-likeness (QED) is 0.874. The molecule has 0 saturated carbocycles. The second-order valence-corrected chi connectivity index (χ2v) is 5.33. The van der Waals surface area contributed by atoms with Crippen molar-refractivity contribution >= 4 is 5.95 Å². The van der Waals surface area contributed by atoms with E-state index >= 15 is 0 Å². The first kappa shape index (κ1) is 15.0. The minimum Gasteiger partial charge on any atom is -0.475 e. The maximum atomic E-state index is 5.88. The van der Waals surface area contributed by atoms with Gasteiger partial charge in [-0.1, -0.05) is 0 Å². The highest BCUT2D eigenvalue weighted by Crippen LogP contribution is 2.24. The zero-order chi connectivity index (χ0) is 14.5. The van der Waals surface area contributed by atoms with Gasteiger partial charge in [-0.25, -0.2) is 4.98 Å². The molecule has 2 rings (SSSR count). The van der Waals surface area contributed by atoms with Crippen molar-refractivity contribution in [3.8, 4) is 5.88 Å². The van der Waals surface area contributed by atoms with Gasteiger partial charge >= 0.3 is 0 Å². The Morgan fingerprint density at radius 2 is 2.30 bits per heavy atom. The molecule has 1 aromatic heterocycles. The molecule has 20 heavy (non-hydrogen) atoms. The van der Waals surface area contributed by atoms with Gasteiger partial charge in [0.05, 0.1) is 12.2 Å². The van der Waals surface area contributed by atoms with Crippen molar-refractivity contribution in [2.45, 2.75) is 44.9 Å². The van der Waals surface area contributed by atoms with E-state index in [1.165, 1.54) is 0 Å². The van der Waals surface area contributed by atoms with Crippen LogP contribution in [0.4, 0.5) is 5.95 Å². The van der Waals surface area contributed by atoms with Gasteiger partial charge < -0.3 is 20.1 Å². The highest BCUT2D eigenvalue weighted by Gasteiger charge is 2.29. The topological polar surface area (TPSA) is 73.5 Å². The molecule has 2 heterocycles. The van der Waals surface area contributed by atoms with Crippen molar-refractivity contribution in [3.05, 3.63) is 12.3 Å². The Morgan fingerprint density at radius 3 is 2.95 bits per heavy atom. The van der Waals surface area contributed by atoms with Crippen molar-refractivity contribution in [1.82, 2.24) is 9.97 Å². The number of aromatic nitrogens is 2. The Kier molecular flexibility index (Phi) is 5.14. The smallest absolute Gasteiger partial charge is 0.228 e. The number of methoxy groups -OCH3 is 1. The summed E-state index contributed by atoms with van der Waals surface area (Å²) in [5, 5.41) is 0. The van der Waals surface area contributed by atoms with Gasteiger partial charge in [0, 0.05) is 38.5 Å². The molecule has 6 nitrogen and oxygen atoms in total. The van der Waals surface area contributed by atoms with Crippen molar-refractivity contribution in [3.63, 3.8) is 0 Å². The molecule has 1 aliphatic rings. The average molecular weight is 280 g/mol. The van der Waals surface area contributed by atoms with E-state index in [1.54, 1.807) is 19.4 Å². The van der Waals surface area contributed by atoms with E-state index in [-0.39, 0.29) is 18.2 Å². The van der Waals surface area contributed by atoms with E-state index in [4.69, 9.17) is 15.2 Å². The largest absolute Gasteiger partial charge is 0.475 e. The summed E-state index contributed by atoms with van der Waals surface area (Å²) in [6.07, 6.45) is 3.98. The Hall–Kier alpha value is -1.40. The third-order valence-electron chi connectivity index (χ3n) is 3.50. The molecule has 0 radical (unpaired) electrons. The predicted octanol–water partition coefficient (Wildman–Crippen LogP) is 1.21. The van der Waals surface area contributed by atoms with Crippen molar-refractivity contribution in [2.75, 3.05) is 25.1 Å². The van der Waals surface area contributed by atoms with Gasteiger partial charge in [0.15, 0.2) is 0 Å². The number of rotatable bonds is 5. The minimum absolute atomic E-state index is 0.0993. The fraction of sp³-hybridized carbons (Fsp3) is 0.714. The van der Waals surface area contributed by atoms with E-state index in [1.807, 2.05) is 13.8 Å². The molecule has 1 aliphatic heterocycles. The number of hydrogen-bond donors (Lipinski definition) is 1. The molecule has 0 amide bonds. The van der Waals surface area contributed by atoms with Crippen LogP contribution in [-0.2, 0) is 4.74 Å². The highest BCUT2D eigenvalue weighted by molar-refractivity contribution is 5.35. The minimum atomic E-state index is 0.0993. The molecule has 2 atom stereocenters. The fourth-order valence-electron chi connectivity index (χ4n) is 2.49. The molecule has 0 aliphatic carbocycles. The van der Waals surface area contributed by atoms with Gasteiger partial charge in [-0.05, 0) is 26.7 Å². The summed E-state index contributed by atoms with van der Waals surface area (Å²) in [7, 11) is 1.75. The lowest BCUT2D eigenvalue weighted by molar-refractivity contribution is 0.0705. The second-order valence-electron chi connectivity index (χ2n) is 5.33. The van der Waals surface area contributed by atoms with Crippen LogP contribution in [0.1, 0.15) is 26.7 Å². The first-order chi connectivity index (χ1) is 9.63. The summed E-state index contributed by atoms with van der Waals surface area (Å²) >= 11 is 0. The van der Waals surface area contributed by atoms with Crippen LogP contribution >= 0.6 is 0 Å². The summed E-state index contributed by atoms with van der Waals surface area (Å²) in [4.78, 5) is 11.0. The Morgan fingerprint density at radius 1 is 1.50 bits per heavy atom. The third kappa shape index (κ3) is 3.58. The highest BCUT2D eigenvalue weighted by atomic mass is 16.5. The van der Waals surface area contributed by atoms with E-state index < -0.39 is 0 Å². The van der Waals surface area contributed by atoms with Crippen LogP contribution in [0.15, 0.2) is 12.3 Å². The molecular formula is C14H24N4O2. The molecular weight excluding hydrogens is 256 g/mol. The lowest BCUT2D eigenvalue weighted by Gasteiger charge is -2.38. The van der Waals surface area contributed by atoms with Crippen molar-refractivity contribution < 1.29 is 9.47 Å². The molecule has 1 saturated heterocycles. The van der Waals surface area contributed by atoms with Gasteiger partial charge in [0.1, 0.15) is 0 Å². The summed E-state index contributed by atoms with van der Waals surface area (Å²) in [5.41, 5.74) is 5.88. The number of anilines is 1. The molecule has 6 heteroatoms. The van der Waals surface area contributed by atoms with Crippen LogP contribution in [-0.4, -0.2) is 48.4 Å². The van der Waals surface area contributed by atoms with Gasteiger partial charge in [0.25, 0.3) is 0 Å². The van der Waals surface area contributed by atoms with Crippen LogP contribution in [0, 0.1) is 0 Å². The van der Waals surface area contributed by atoms with Crippen LogP contribution < -0.4 is 15.4 Å². The van der Waals surface area contributed by atoms with Gasteiger partial charge in [-0.15, -0.1) is 0 Å². The van der Waals surface area contributed by atoms with E-state index in [9.17, 15) is 0 Å². The number of piperidine rings is 1. The van der Waals surface area contributed by atoms with E-state index in [0.29, 0.717) is 18.4 Å². The van der Waals surface area contributed by atoms with Crippen LogP contribution in [0.25, 0.3) is 0 Å². The predicted molar refractivity (Wildman–Crippen MR) is 78.0 cm³/mol. The van der Waals surface area contributed by atoms with Crippen LogP contribution in [0.5, 0.6) is 5.88 Å². The van der Waals surface area contributed by atoms with Crippen LogP contribution in [0.3, 0.4) is 0 Å². The third-order valence-corrected chi connectivity index (χ3v) is 3.50. The molecule has 1 aromatic rings. The number of hydrogen-bond acceptors (Lipinski definition) is 6. The first-order valence-corrected chi connectivity index (χ1v) is 7.13. The summed E-state index contributed by atoms with van der Waals surface area (Å²) in [6.45, 7) is 5.38. The molecule has 0 bridgehead atoms. The number of nitrogens with two attached hydrogens (primary N) is 1. The van der Waals surface area contributed by atoms with Gasteiger partial charge in [-0.2, -0.15) is 4.98 Å². The van der Waals surface area contributed by atoms with E-state index in [2.05, 4.69) is 14.9 Å². The number of ether oxygens (including phenoxy) is 2. The first-order valence-electron chi connectivity index (χ1n) is 7.13. The zero-order valence-electron chi connectivity index (χ0n) is 12.5. The lowest BCUT2D eigenvalue weighted by atomic mass is 10.00. The normalized spacial score (nSPS) is 23.1. The standard InChI is InChI=1S/C14H24N4O2/c1-10(2)20-13-4-6-16-14(17-13)18-7-5-12(19-3)8-11(18)9-15/h4,6,10-12H,5,7-9,15H2,1-3H3. The second kappa shape index (κ2) is 6.85. The number of nitrogens with zero attached hydrogens (tertiary/aromatic N) is 3. The zero-order valence-corrected chi connectivity index (χ0v) is 12.5. The SMILES string of the molecule is COC1CCN(c2nccc(OC(C)C)n2)C(CN)C1. The van der Waals surface area contributed by atoms with Crippen molar-refractivity contribution in [2.24, 2.45) is 5.73 Å². The fourth-order valence-corrected chi connectivity index (χ4v) is 2.49. The van der Waals surface area contributed by atoms with Gasteiger partial charge in [-0.3, -0.25) is 0 Å². The molecule has 0 aromatic carbocycles. The molecule has 1 fully saturated rings. The Labute approximate surface area is 120 Å². The maximum absolute atomic E-state index is 5.88. The van der Waals surface area contributed by atoms with E-state index in [0.717, 1.165) is 19.4 Å². The molecule has 2 unspecified atom stereocenters.